The second-order valence-corrected chi connectivity index (χ2v) is 9.22. The number of hydrogen-bond acceptors (Lipinski definition) is 6. The minimum atomic E-state index is -4.66. The van der Waals surface area contributed by atoms with Crippen LogP contribution in [0.1, 0.15) is 10.4 Å². The Morgan fingerprint density at radius 3 is 2.56 bits per heavy atom. The number of carbonyl (C=O) groups is 1. The van der Waals surface area contributed by atoms with Crippen LogP contribution >= 0.6 is 22.7 Å². The largest absolute Gasteiger partial charge is 0.418 e. The zero-order valence-corrected chi connectivity index (χ0v) is 18.7. The van der Waals surface area contributed by atoms with E-state index < -0.39 is 35.6 Å². The van der Waals surface area contributed by atoms with E-state index in [1.807, 2.05) is 17.5 Å². The van der Waals surface area contributed by atoms with Crippen molar-refractivity contribution in [1.29, 1.82) is 0 Å². The maximum atomic E-state index is 13.2. The van der Waals surface area contributed by atoms with Crippen LogP contribution in [0.4, 0.5) is 18.9 Å². The number of halogens is 3. The molecule has 8 nitrogen and oxygen atoms in total. The molecule has 4 aromatic heterocycles. The normalized spacial score (nSPS) is 12.0. The smallest absolute Gasteiger partial charge is 0.324 e. The van der Waals surface area contributed by atoms with Crippen LogP contribution in [0.3, 0.4) is 0 Å². The average Bonchev–Trinajstić information content (AvgIpc) is 3.52. The van der Waals surface area contributed by atoms with Crippen LogP contribution in [-0.4, -0.2) is 24.7 Å². The minimum Gasteiger partial charge on any atom is -0.324 e. The molecule has 0 fully saturated rings. The van der Waals surface area contributed by atoms with E-state index in [1.165, 1.54) is 43.8 Å². The van der Waals surface area contributed by atoms with Gasteiger partial charge in [-0.25, -0.2) is 13.9 Å². The fourth-order valence-electron chi connectivity index (χ4n) is 3.60. The van der Waals surface area contributed by atoms with E-state index in [-0.39, 0.29) is 17.9 Å². The average molecular weight is 506 g/mol. The first kappa shape index (κ1) is 22.1. The summed E-state index contributed by atoms with van der Waals surface area (Å²) in [4.78, 5) is 39.6. The Labute approximate surface area is 196 Å². The molecule has 1 aromatic carbocycles. The van der Waals surface area contributed by atoms with Crippen molar-refractivity contribution in [3.63, 3.8) is 0 Å². The van der Waals surface area contributed by atoms with Gasteiger partial charge in [-0.3, -0.25) is 14.2 Å². The van der Waals surface area contributed by atoms with Crippen molar-refractivity contribution in [3.05, 3.63) is 84.5 Å². The molecule has 4 heterocycles. The summed E-state index contributed by atoms with van der Waals surface area (Å²) in [5.41, 5.74) is -2.09. The number of aromatic nitrogens is 4. The van der Waals surface area contributed by atoms with Crippen LogP contribution in [0.25, 0.3) is 16.0 Å². The molecule has 1 N–H and O–H groups in total. The quantitative estimate of drug-likeness (QED) is 0.395. The first-order valence-electron chi connectivity index (χ1n) is 9.82. The minimum absolute atomic E-state index is 0.0396. The van der Waals surface area contributed by atoms with Gasteiger partial charge in [-0.05, 0) is 35.0 Å². The Bertz CT molecular complexity index is 1640. The SMILES string of the molecule is O=C(Cn1nc2n(Cc3cccs3)c(=O)c3sccc3n2c1=O)Nc1ccccc1C(F)(F)F. The summed E-state index contributed by atoms with van der Waals surface area (Å²) in [5.74, 6) is -0.825. The predicted molar refractivity (Wildman–Crippen MR) is 123 cm³/mol. The lowest BCUT2D eigenvalue weighted by Gasteiger charge is -2.13. The molecule has 0 aliphatic rings. The fraction of sp³-hybridized carbons (Fsp3) is 0.143. The number of alkyl halides is 3. The number of nitrogens with zero attached hydrogens (tertiary/aromatic N) is 4. The Hall–Kier alpha value is -3.71. The van der Waals surface area contributed by atoms with Crippen LogP contribution in [0.2, 0.25) is 0 Å². The number of benzene rings is 1. The maximum absolute atomic E-state index is 13.2. The number of anilines is 1. The van der Waals surface area contributed by atoms with Gasteiger partial charge >= 0.3 is 11.9 Å². The highest BCUT2D eigenvalue weighted by Crippen LogP contribution is 2.34. The van der Waals surface area contributed by atoms with E-state index in [9.17, 15) is 27.6 Å². The van der Waals surface area contributed by atoms with E-state index in [0.717, 1.165) is 21.7 Å². The second kappa shape index (κ2) is 8.25. The molecule has 0 bridgehead atoms. The number of fused-ring (bicyclic) bond motifs is 3. The van der Waals surface area contributed by atoms with Crippen LogP contribution in [0, 0.1) is 0 Å². The highest BCUT2D eigenvalue weighted by molar-refractivity contribution is 7.17. The summed E-state index contributed by atoms with van der Waals surface area (Å²) in [6, 6.07) is 9.83. The molecule has 0 radical (unpaired) electrons. The second-order valence-electron chi connectivity index (χ2n) is 7.27. The molecule has 0 aliphatic heterocycles. The summed E-state index contributed by atoms with van der Waals surface area (Å²) < 4.78 is 43.5. The number of thiophene rings is 2. The summed E-state index contributed by atoms with van der Waals surface area (Å²) in [5, 5.41) is 9.92. The van der Waals surface area contributed by atoms with Crippen molar-refractivity contribution in [2.75, 3.05) is 5.32 Å². The van der Waals surface area contributed by atoms with E-state index >= 15 is 0 Å². The molecule has 5 aromatic rings. The molecule has 0 unspecified atom stereocenters. The monoisotopic (exact) mass is 505 g/mol. The van der Waals surface area contributed by atoms with Gasteiger partial charge in [-0.1, -0.05) is 18.2 Å². The Morgan fingerprint density at radius 1 is 1.03 bits per heavy atom. The number of para-hydroxylation sites is 1. The molecule has 0 spiro atoms. The molecule has 34 heavy (non-hydrogen) atoms. The van der Waals surface area contributed by atoms with Crippen molar-refractivity contribution < 1.29 is 18.0 Å². The van der Waals surface area contributed by atoms with Gasteiger partial charge in [0, 0.05) is 4.88 Å². The molecule has 174 valence electrons. The summed E-state index contributed by atoms with van der Waals surface area (Å²) in [7, 11) is 0. The Kier molecular flexibility index (Phi) is 5.37. The number of hydrogen-bond donors (Lipinski definition) is 1. The Morgan fingerprint density at radius 2 is 1.82 bits per heavy atom. The molecule has 0 saturated carbocycles. The molecule has 0 aliphatic carbocycles. The summed E-state index contributed by atoms with van der Waals surface area (Å²) in [6.07, 6.45) is -4.66. The first-order valence-corrected chi connectivity index (χ1v) is 11.6. The summed E-state index contributed by atoms with van der Waals surface area (Å²) in [6.45, 7) is -0.457. The van der Waals surface area contributed by atoms with Crippen LogP contribution in [-0.2, 0) is 24.1 Å². The number of amides is 1. The van der Waals surface area contributed by atoms with Gasteiger partial charge in [-0.2, -0.15) is 13.2 Å². The number of rotatable bonds is 5. The van der Waals surface area contributed by atoms with Crippen molar-refractivity contribution in [1.82, 2.24) is 18.7 Å². The van der Waals surface area contributed by atoms with E-state index in [1.54, 1.807) is 11.4 Å². The van der Waals surface area contributed by atoms with Gasteiger partial charge < -0.3 is 5.32 Å². The zero-order valence-electron chi connectivity index (χ0n) is 17.1. The zero-order chi connectivity index (χ0) is 24.0. The maximum Gasteiger partial charge on any atom is 0.418 e. The summed E-state index contributed by atoms with van der Waals surface area (Å²) >= 11 is 2.61. The van der Waals surface area contributed by atoms with Gasteiger partial charge in [-0.15, -0.1) is 27.8 Å². The third kappa shape index (κ3) is 3.82. The van der Waals surface area contributed by atoms with Gasteiger partial charge in [0.25, 0.3) is 5.56 Å². The van der Waals surface area contributed by atoms with Crippen LogP contribution in [0.5, 0.6) is 0 Å². The molecule has 0 saturated heterocycles. The van der Waals surface area contributed by atoms with Gasteiger partial charge in [0.05, 0.1) is 23.3 Å². The molecule has 1 amide bonds. The number of nitrogens with one attached hydrogen (secondary N) is 1. The number of carbonyl (C=O) groups excluding carboxylic acids is 1. The van der Waals surface area contributed by atoms with Crippen LogP contribution < -0.4 is 16.6 Å². The predicted octanol–water partition coefficient (Wildman–Crippen LogP) is 3.64. The van der Waals surface area contributed by atoms with Crippen molar-refractivity contribution in [2.24, 2.45) is 0 Å². The third-order valence-electron chi connectivity index (χ3n) is 5.08. The van der Waals surface area contributed by atoms with Crippen molar-refractivity contribution >= 4 is 50.3 Å². The van der Waals surface area contributed by atoms with E-state index in [0.29, 0.717) is 10.2 Å². The highest BCUT2D eigenvalue weighted by Gasteiger charge is 2.33. The molecule has 5 rings (SSSR count). The van der Waals surface area contributed by atoms with Gasteiger partial charge in [0.2, 0.25) is 11.7 Å². The lowest BCUT2D eigenvalue weighted by molar-refractivity contribution is -0.137. The lowest BCUT2D eigenvalue weighted by Crippen LogP contribution is -2.29. The van der Waals surface area contributed by atoms with E-state index in [2.05, 4.69) is 10.4 Å². The van der Waals surface area contributed by atoms with Crippen LogP contribution in [0.15, 0.2) is 62.8 Å². The van der Waals surface area contributed by atoms with Gasteiger partial charge in [0.15, 0.2) is 0 Å². The standard InChI is InChI=1S/C21H14F3N5O3S2/c22-21(23,24)13-5-1-2-6-14(13)25-16(30)11-28-20(32)29-15-7-9-34-17(15)18(31)27(19(29)26-28)10-12-4-3-8-33-12/h1-9H,10-11H2,(H,25,30). The molecule has 13 heteroatoms. The topological polar surface area (TPSA) is 90.4 Å². The van der Waals surface area contributed by atoms with Gasteiger partial charge in [0.1, 0.15) is 11.2 Å². The fourth-order valence-corrected chi connectivity index (χ4v) is 5.12. The molecule has 0 atom stereocenters. The lowest BCUT2D eigenvalue weighted by atomic mass is 10.1. The van der Waals surface area contributed by atoms with Crippen molar-refractivity contribution in [3.8, 4) is 0 Å². The Balaban J connectivity index is 1.56. The molecular formula is C21H14F3N5O3S2. The van der Waals surface area contributed by atoms with E-state index in [4.69, 9.17) is 0 Å². The third-order valence-corrected chi connectivity index (χ3v) is 6.84. The highest BCUT2D eigenvalue weighted by atomic mass is 32.1. The van der Waals surface area contributed by atoms with Crippen molar-refractivity contribution in [2.45, 2.75) is 19.3 Å². The molecular weight excluding hydrogens is 491 g/mol. The first-order chi connectivity index (χ1) is 16.2.